The summed E-state index contributed by atoms with van der Waals surface area (Å²) in [5.74, 6) is -3.34. The van der Waals surface area contributed by atoms with E-state index in [2.05, 4.69) is 16.0 Å². The summed E-state index contributed by atoms with van der Waals surface area (Å²) in [6, 6.07) is -4.50. The van der Waals surface area contributed by atoms with Crippen LogP contribution in [0.2, 0.25) is 0 Å². The molecule has 0 aliphatic carbocycles. The summed E-state index contributed by atoms with van der Waals surface area (Å²) < 4.78 is 64.6. The minimum Gasteiger partial charge on any atom is -0.396 e. The van der Waals surface area contributed by atoms with Crippen molar-refractivity contribution in [3.8, 4) is 0 Å². The fraction of sp³-hybridized carbons (Fsp3) is 0.932. The summed E-state index contributed by atoms with van der Waals surface area (Å²) in [5, 5.41) is 181. The van der Waals surface area contributed by atoms with Gasteiger partial charge in [-0.2, -0.15) is 0 Å². The fourth-order valence-electron chi connectivity index (χ4n) is 10.3. The van der Waals surface area contributed by atoms with Crippen LogP contribution in [0, 0.1) is 5.92 Å². The van der Waals surface area contributed by atoms with E-state index in [1.165, 1.54) is 13.8 Å². The molecule has 30 atom stereocenters. The first-order valence-electron chi connectivity index (χ1n) is 24.9. The molecule has 33 nitrogen and oxygen atoms in total. The summed E-state index contributed by atoms with van der Waals surface area (Å²) >= 11 is 0. The van der Waals surface area contributed by atoms with Crippen LogP contribution < -0.4 is 16.0 Å². The highest BCUT2D eigenvalue weighted by Crippen LogP contribution is 2.38. The standard InChI is InChI=1S/C44H75N3O30/c1-12-23(45-13(2)55)29(61)35(20(9-52)67-12)73-40-24(46-14(3)56)30(62)37(22(11-54)71-40)75-43-34(66)38(28(60)19(8-51)69-43)76-44-39(32(64)27(59)18(7-50)70-44)77-41-25(47-15(4)57)31(63)36(21(10-53)72-41)74-42-33(65)26(58)16(5-48)17(6-49)68-42/h12,16-44,48-54,58-66H,5-11H2,1-4H3,(H,45,55)(H,46,56)(H,47,57)/t12-,16-,17?,18?,19?,20?,21?,22?,23?,24?,25?,26?,27+,28+,29?,30?,31?,32?,33?,34?,35+,36+,37+,38?,39?,40-,41-,42-,43-,44?/m0/s1. The van der Waals surface area contributed by atoms with E-state index in [1.54, 1.807) is 0 Å². The Labute approximate surface area is 438 Å². The second-order valence-electron chi connectivity index (χ2n) is 19.6. The number of hydrogen-bond donors (Lipinski definition) is 19. The molecule has 3 amide bonds. The molecule has 446 valence electrons. The Hall–Kier alpha value is -2.67. The number of ether oxygens (including phenoxy) is 11. The summed E-state index contributed by atoms with van der Waals surface area (Å²) in [6.07, 6.45) is -46.9. The SMILES string of the molecule is CC(=O)NC1C(O)[C@H](O[C@@H]2OC(CO)[C@@H](O)C(OC3OC(CO)[C@@H](O)C(O)C3O[C@@H]3OC(CO)[C@@H](O[C@@H]4OC(CO)[C@H](CO)C(O)C4O)C(O)C3NC(C)=O)C2O)C(CO)O[C@H]1O[C@@H]1C(CO)O[C@@H](C)C(NC(C)=O)C1O. The van der Waals surface area contributed by atoms with Crippen molar-refractivity contribution in [2.45, 2.75) is 205 Å². The predicted molar refractivity (Wildman–Crippen MR) is 242 cm³/mol. The lowest BCUT2D eigenvalue weighted by Gasteiger charge is -2.51. The van der Waals surface area contributed by atoms with E-state index in [9.17, 15) is 96.1 Å². The normalized spacial score (nSPS) is 47.7. The maximum atomic E-state index is 12.6. The fourth-order valence-corrected chi connectivity index (χ4v) is 10.3. The molecular weight excluding hydrogens is 1050 g/mol. The van der Waals surface area contributed by atoms with E-state index in [4.69, 9.17) is 52.1 Å². The molecule has 0 bridgehead atoms. The largest absolute Gasteiger partial charge is 0.396 e. The molecular formula is C44H75N3O30. The summed E-state index contributed by atoms with van der Waals surface area (Å²) in [4.78, 5) is 37.1. The third kappa shape index (κ3) is 14.0. The van der Waals surface area contributed by atoms with Crippen LogP contribution in [0.1, 0.15) is 27.7 Å². The molecule has 33 heteroatoms. The molecule has 6 heterocycles. The van der Waals surface area contributed by atoms with Crippen LogP contribution in [-0.2, 0) is 66.5 Å². The zero-order chi connectivity index (χ0) is 56.9. The molecule has 0 aromatic rings. The number of rotatable bonds is 20. The summed E-state index contributed by atoms with van der Waals surface area (Å²) in [6.45, 7) is -1.47. The quantitative estimate of drug-likeness (QED) is 0.0538. The number of carbonyl (C=O) groups is 3. The van der Waals surface area contributed by atoms with Gasteiger partial charge in [0.05, 0.1) is 70.6 Å². The maximum absolute atomic E-state index is 12.6. The number of nitrogens with one attached hydrogen (secondary N) is 3. The highest BCUT2D eigenvalue weighted by atomic mass is 16.8. The van der Waals surface area contributed by atoms with Crippen LogP contribution in [0.3, 0.4) is 0 Å². The van der Waals surface area contributed by atoms with Crippen LogP contribution in [-0.4, -0.2) is 323 Å². The number of aliphatic hydroxyl groups is 16. The minimum atomic E-state index is -2.24. The number of amides is 3. The average Bonchev–Trinajstić information content (AvgIpc) is 3.39. The van der Waals surface area contributed by atoms with Crippen LogP contribution in [0.4, 0.5) is 0 Å². The molecule has 0 aromatic heterocycles. The van der Waals surface area contributed by atoms with E-state index in [-0.39, 0.29) is 0 Å². The lowest BCUT2D eigenvalue weighted by atomic mass is 9.89. The van der Waals surface area contributed by atoms with Crippen LogP contribution in [0.5, 0.6) is 0 Å². The van der Waals surface area contributed by atoms with Gasteiger partial charge in [0.25, 0.3) is 0 Å². The molecule has 6 aliphatic heterocycles. The van der Waals surface area contributed by atoms with Gasteiger partial charge in [0, 0.05) is 26.7 Å². The summed E-state index contributed by atoms with van der Waals surface area (Å²) in [5.41, 5.74) is 0. The van der Waals surface area contributed by atoms with Gasteiger partial charge in [-0.05, 0) is 6.92 Å². The van der Waals surface area contributed by atoms with Crippen molar-refractivity contribution in [2.24, 2.45) is 5.92 Å². The Morgan fingerprint density at radius 2 is 0.688 bits per heavy atom. The van der Waals surface area contributed by atoms with Gasteiger partial charge in [0.1, 0.15) is 122 Å². The first kappa shape index (κ1) is 63.5. The third-order valence-electron chi connectivity index (χ3n) is 14.3. The van der Waals surface area contributed by atoms with Crippen molar-refractivity contribution in [1.82, 2.24) is 16.0 Å². The van der Waals surface area contributed by atoms with Gasteiger partial charge in [0.15, 0.2) is 31.5 Å². The van der Waals surface area contributed by atoms with Gasteiger partial charge < -0.3 is 150 Å². The van der Waals surface area contributed by atoms with Crippen molar-refractivity contribution in [2.75, 3.05) is 46.2 Å². The summed E-state index contributed by atoms with van der Waals surface area (Å²) in [7, 11) is 0. The zero-order valence-electron chi connectivity index (χ0n) is 42.1. The molecule has 19 N–H and O–H groups in total. The average molecular weight is 1130 g/mol. The molecule has 0 spiro atoms. The van der Waals surface area contributed by atoms with Gasteiger partial charge in [-0.15, -0.1) is 0 Å². The third-order valence-corrected chi connectivity index (χ3v) is 14.3. The monoisotopic (exact) mass is 1130 g/mol. The van der Waals surface area contributed by atoms with Crippen molar-refractivity contribution in [1.29, 1.82) is 0 Å². The Morgan fingerprint density at radius 3 is 1.14 bits per heavy atom. The number of aliphatic hydroxyl groups excluding tert-OH is 16. The molecule has 6 rings (SSSR count). The Bertz CT molecular complexity index is 1890. The Morgan fingerprint density at radius 1 is 0.338 bits per heavy atom. The predicted octanol–water partition coefficient (Wildman–Crippen LogP) is -12.4. The van der Waals surface area contributed by atoms with E-state index in [0.717, 1.165) is 13.8 Å². The van der Waals surface area contributed by atoms with E-state index in [0.29, 0.717) is 0 Å². The molecule has 19 unspecified atom stereocenters. The van der Waals surface area contributed by atoms with Crippen LogP contribution >= 0.6 is 0 Å². The molecule has 6 fully saturated rings. The molecule has 6 aliphatic rings. The van der Waals surface area contributed by atoms with Crippen molar-refractivity contribution < 1.29 is 148 Å². The highest BCUT2D eigenvalue weighted by molar-refractivity contribution is 5.74. The Kier molecular flexibility index (Phi) is 23.0. The van der Waals surface area contributed by atoms with Gasteiger partial charge in [-0.25, -0.2) is 0 Å². The lowest BCUT2D eigenvalue weighted by Crippen LogP contribution is -2.70. The van der Waals surface area contributed by atoms with Crippen molar-refractivity contribution >= 4 is 17.7 Å². The first-order valence-corrected chi connectivity index (χ1v) is 24.9. The van der Waals surface area contributed by atoms with Gasteiger partial charge in [-0.1, -0.05) is 0 Å². The topological polar surface area (TPSA) is 513 Å². The number of hydrogen-bond acceptors (Lipinski definition) is 30. The van der Waals surface area contributed by atoms with Crippen LogP contribution in [0.25, 0.3) is 0 Å². The van der Waals surface area contributed by atoms with Crippen molar-refractivity contribution in [3.05, 3.63) is 0 Å². The van der Waals surface area contributed by atoms with Gasteiger partial charge in [-0.3, -0.25) is 14.4 Å². The number of carbonyl (C=O) groups excluding carboxylic acids is 3. The Balaban J connectivity index is 1.24. The second-order valence-corrected chi connectivity index (χ2v) is 19.6. The lowest BCUT2D eigenvalue weighted by molar-refractivity contribution is -0.394. The van der Waals surface area contributed by atoms with E-state index in [1.807, 2.05) is 0 Å². The highest BCUT2D eigenvalue weighted by Gasteiger charge is 2.58. The smallest absolute Gasteiger partial charge is 0.217 e. The van der Waals surface area contributed by atoms with E-state index >= 15 is 0 Å². The molecule has 0 radical (unpaired) electrons. The second kappa shape index (κ2) is 27.9. The minimum absolute atomic E-state index is 0.548. The molecule has 77 heavy (non-hydrogen) atoms. The first-order chi connectivity index (χ1) is 36.5. The van der Waals surface area contributed by atoms with Gasteiger partial charge in [0.2, 0.25) is 17.7 Å². The molecule has 6 saturated heterocycles. The molecule has 0 saturated carbocycles. The maximum Gasteiger partial charge on any atom is 0.217 e. The van der Waals surface area contributed by atoms with Gasteiger partial charge >= 0.3 is 0 Å². The van der Waals surface area contributed by atoms with Crippen molar-refractivity contribution in [3.63, 3.8) is 0 Å². The van der Waals surface area contributed by atoms with Crippen LogP contribution in [0.15, 0.2) is 0 Å². The molecule has 0 aromatic carbocycles. The van der Waals surface area contributed by atoms with E-state index < -0.39 is 248 Å². The zero-order valence-corrected chi connectivity index (χ0v) is 42.1.